The van der Waals surface area contributed by atoms with Crippen LogP contribution in [0.4, 0.5) is 24.5 Å². The molecule has 0 spiro atoms. The lowest BCUT2D eigenvalue weighted by molar-refractivity contribution is -0.137. The first-order chi connectivity index (χ1) is 15.6. The SMILES string of the molecule is CCCC(=O)Nc1ccc2c(c1)CN1C(=S)N(c3ccc(C#N)c(C(F)(F)F)c3)C(=O)C1C2. The van der Waals surface area contributed by atoms with Crippen LogP contribution >= 0.6 is 12.2 Å². The van der Waals surface area contributed by atoms with Crippen LogP contribution in [0.15, 0.2) is 36.4 Å². The number of benzene rings is 2. The summed E-state index contributed by atoms with van der Waals surface area (Å²) in [5.41, 5.74) is 0.778. The average molecular weight is 472 g/mol. The molecular weight excluding hydrogens is 453 g/mol. The molecule has 2 amide bonds. The lowest BCUT2D eigenvalue weighted by Crippen LogP contribution is -2.40. The van der Waals surface area contributed by atoms with Crippen LogP contribution in [0.2, 0.25) is 0 Å². The van der Waals surface area contributed by atoms with Crippen molar-refractivity contribution >= 4 is 40.5 Å². The molecule has 0 bridgehead atoms. The fourth-order valence-electron chi connectivity index (χ4n) is 4.15. The van der Waals surface area contributed by atoms with Crippen molar-refractivity contribution in [3.05, 3.63) is 58.7 Å². The van der Waals surface area contributed by atoms with E-state index in [2.05, 4.69) is 5.32 Å². The molecule has 33 heavy (non-hydrogen) atoms. The normalized spacial score (nSPS) is 17.5. The topological polar surface area (TPSA) is 76.4 Å². The minimum Gasteiger partial charge on any atom is -0.332 e. The van der Waals surface area contributed by atoms with E-state index in [1.165, 1.54) is 12.1 Å². The number of hydrogen-bond donors (Lipinski definition) is 1. The van der Waals surface area contributed by atoms with E-state index in [1.54, 1.807) is 11.0 Å². The number of hydrogen-bond acceptors (Lipinski definition) is 4. The summed E-state index contributed by atoms with van der Waals surface area (Å²) in [6.45, 7) is 2.20. The molecule has 2 aliphatic heterocycles. The molecule has 0 radical (unpaired) electrons. The molecule has 170 valence electrons. The van der Waals surface area contributed by atoms with Crippen molar-refractivity contribution < 1.29 is 22.8 Å². The van der Waals surface area contributed by atoms with Crippen molar-refractivity contribution in [1.82, 2.24) is 4.90 Å². The number of rotatable bonds is 4. The molecule has 6 nitrogen and oxygen atoms in total. The molecule has 0 aromatic heterocycles. The van der Waals surface area contributed by atoms with Gasteiger partial charge in [-0.2, -0.15) is 18.4 Å². The molecule has 0 aliphatic carbocycles. The maximum atomic E-state index is 13.4. The van der Waals surface area contributed by atoms with Gasteiger partial charge < -0.3 is 10.2 Å². The lowest BCUT2D eigenvalue weighted by atomic mass is 9.94. The average Bonchev–Trinajstić information content (AvgIpc) is 3.00. The van der Waals surface area contributed by atoms with E-state index in [0.717, 1.165) is 34.6 Å². The van der Waals surface area contributed by atoms with Crippen LogP contribution in [0, 0.1) is 11.3 Å². The number of alkyl halides is 3. The zero-order valence-corrected chi connectivity index (χ0v) is 18.4. The first kappa shape index (κ1) is 22.7. The molecule has 1 N–H and O–H groups in total. The standard InChI is InChI=1S/C23H19F3N4O2S/c1-2-3-20(31)28-16-6-4-13-9-19-21(32)30(22(33)29(19)12-15(13)8-16)17-7-5-14(11-27)18(10-17)23(24,25)26/h4-8,10,19H,2-3,9,12H2,1H3,(H,28,31). The second-order valence-corrected chi connectivity index (χ2v) is 8.29. The predicted molar refractivity (Wildman–Crippen MR) is 119 cm³/mol. The number of nitrogens with zero attached hydrogens (tertiary/aromatic N) is 3. The predicted octanol–water partition coefficient (Wildman–Crippen LogP) is 4.37. The summed E-state index contributed by atoms with van der Waals surface area (Å²) < 4.78 is 40.3. The van der Waals surface area contributed by atoms with Crippen molar-refractivity contribution in [3.63, 3.8) is 0 Å². The molecular formula is C23H19F3N4O2S. The fraction of sp³-hybridized carbons (Fsp3) is 0.304. The van der Waals surface area contributed by atoms with E-state index in [-0.39, 0.29) is 16.7 Å². The summed E-state index contributed by atoms with van der Waals surface area (Å²) in [6.07, 6.45) is -3.27. The van der Waals surface area contributed by atoms with Gasteiger partial charge in [-0.25, -0.2) is 0 Å². The van der Waals surface area contributed by atoms with E-state index < -0.39 is 29.3 Å². The molecule has 10 heteroatoms. The highest BCUT2D eigenvalue weighted by molar-refractivity contribution is 7.80. The molecule has 2 aromatic carbocycles. The number of anilines is 2. The Labute approximate surface area is 193 Å². The minimum atomic E-state index is -4.74. The molecule has 1 saturated heterocycles. The maximum Gasteiger partial charge on any atom is 0.417 e. The van der Waals surface area contributed by atoms with Gasteiger partial charge in [0.05, 0.1) is 22.9 Å². The van der Waals surface area contributed by atoms with E-state index in [0.29, 0.717) is 25.1 Å². The number of halogens is 3. The lowest BCUT2D eigenvalue weighted by Gasteiger charge is -2.30. The van der Waals surface area contributed by atoms with Gasteiger partial charge in [-0.3, -0.25) is 14.5 Å². The third-order valence-electron chi connectivity index (χ3n) is 5.73. The first-order valence-electron chi connectivity index (χ1n) is 10.3. The van der Waals surface area contributed by atoms with Gasteiger partial charge in [0, 0.05) is 25.1 Å². The second kappa shape index (κ2) is 8.48. The van der Waals surface area contributed by atoms with Crippen molar-refractivity contribution in [2.75, 3.05) is 10.2 Å². The monoisotopic (exact) mass is 472 g/mol. The summed E-state index contributed by atoms with van der Waals surface area (Å²) >= 11 is 5.48. The van der Waals surface area contributed by atoms with Crippen LogP contribution in [0.1, 0.15) is 42.0 Å². The highest BCUT2D eigenvalue weighted by Crippen LogP contribution is 2.38. The molecule has 2 aliphatic rings. The zero-order valence-electron chi connectivity index (χ0n) is 17.6. The van der Waals surface area contributed by atoms with Crippen LogP contribution in [-0.4, -0.2) is 27.9 Å². The van der Waals surface area contributed by atoms with Crippen molar-refractivity contribution in [2.45, 2.75) is 44.9 Å². The third-order valence-corrected chi connectivity index (χ3v) is 6.14. The second-order valence-electron chi connectivity index (χ2n) is 7.93. The Morgan fingerprint density at radius 3 is 2.67 bits per heavy atom. The third kappa shape index (κ3) is 4.16. The zero-order chi connectivity index (χ0) is 23.9. The van der Waals surface area contributed by atoms with Crippen LogP contribution in [0.25, 0.3) is 0 Å². The Bertz CT molecular complexity index is 1210. The minimum absolute atomic E-state index is 0.0256. The van der Waals surface area contributed by atoms with Crippen LogP contribution in [-0.2, 0) is 28.7 Å². The van der Waals surface area contributed by atoms with E-state index >= 15 is 0 Å². The smallest absolute Gasteiger partial charge is 0.332 e. The first-order valence-corrected chi connectivity index (χ1v) is 10.7. The summed E-state index contributed by atoms with van der Waals surface area (Å²) in [5.74, 6) is -0.505. The Morgan fingerprint density at radius 2 is 2.00 bits per heavy atom. The number of thiocarbonyl (C=S) groups is 1. The van der Waals surface area contributed by atoms with Crippen molar-refractivity contribution in [1.29, 1.82) is 5.26 Å². The number of nitriles is 1. The molecule has 1 atom stereocenters. The molecule has 2 aromatic rings. The quantitative estimate of drug-likeness (QED) is 0.669. The van der Waals surface area contributed by atoms with Gasteiger partial charge in [-0.1, -0.05) is 13.0 Å². The summed E-state index contributed by atoms with van der Waals surface area (Å²) in [7, 11) is 0. The maximum absolute atomic E-state index is 13.4. The van der Waals surface area contributed by atoms with Gasteiger partial charge in [0.25, 0.3) is 5.91 Å². The largest absolute Gasteiger partial charge is 0.417 e. The number of amides is 2. The molecule has 1 fully saturated rings. The van der Waals surface area contributed by atoms with Crippen LogP contribution < -0.4 is 10.2 Å². The Morgan fingerprint density at radius 1 is 1.24 bits per heavy atom. The summed E-state index contributed by atoms with van der Waals surface area (Å²) in [4.78, 5) is 27.8. The summed E-state index contributed by atoms with van der Waals surface area (Å²) in [5, 5.41) is 12.0. The Balaban J connectivity index is 1.63. The van der Waals surface area contributed by atoms with Gasteiger partial charge in [-0.15, -0.1) is 0 Å². The molecule has 1 unspecified atom stereocenters. The molecule has 0 saturated carbocycles. The fourth-order valence-corrected chi connectivity index (χ4v) is 4.53. The summed E-state index contributed by atoms with van der Waals surface area (Å²) in [6, 6.07) is 9.48. The number of carbonyl (C=O) groups is 2. The van der Waals surface area contributed by atoms with E-state index in [1.807, 2.05) is 19.1 Å². The number of nitrogens with one attached hydrogen (secondary N) is 1. The molecule has 2 heterocycles. The van der Waals surface area contributed by atoms with Gasteiger partial charge >= 0.3 is 6.18 Å². The van der Waals surface area contributed by atoms with Crippen molar-refractivity contribution in [3.8, 4) is 6.07 Å². The highest BCUT2D eigenvalue weighted by atomic mass is 32.1. The van der Waals surface area contributed by atoms with Crippen LogP contribution in [0.3, 0.4) is 0 Å². The van der Waals surface area contributed by atoms with Crippen molar-refractivity contribution in [2.24, 2.45) is 0 Å². The van der Waals surface area contributed by atoms with Gasteiger partial charge in [0.15, 0.2) is 5.11 Å². The van der Waals surface area contributed by atoms with E-state index in [4.69, 9.17) is 17.5 Å². The van der Waals surface area contributed by atoms with Gasteiger partial charge in [-0.05, 0) is 60.1 Å². The van der Waals surface area contributed by atoms with Gasteiger partial charge in [0.1, 0.15) is 6.04 Å². The van der Waals surface area contributed by atoms with Crippen LogP contribution in [0.5, 0.6) is 0 Å². The Hall–Kier alpha value is -3.45. The number of fused-ring (bicyclic) bond motifs is 2. The molecule has 4 rings (SSSR count). The van der Waals surface area contributed by atoms with Gasteiger partial charge in [0.2, 0.25) is 5.91 Å². The van der Waals surface area contributed by atoms with E-state index in [9.17, 15) is 22.8 Å². The highest BCUT2D eigenvalue weighted by Gasteiger charge is 2.46. The number of carbonyl (C=O) groups excluding carboxylic acids is 2. The Kier molecular flexibility index (Phi) is 5.84.